The van der Waals surface area contributed by atoms with Gasteiger partial charge in [0, 0.05) is 5.56 Å². The lowest BCUT2D eigenvalue weighted by Crippen LogP contribution is -2.31. The van der Waals surface area contributed by atoms with Crippen LogP contribution in [-0.4, -0.2) is 5.24 Å². The third-order valence-electron chi connectivity index (χ3n) is 5.17. The van der Waals surface area contributed by atoms with E-state index in [0.29, 0.717) is 5.56 Å². The molecule has 4 aromatic rings. The second-order valence-corrected chi connectivity index (χ2v) is 7.04. The Morgan fingerprint density at radius 3 is 1.14 bits per heavy atom. The third kappa shape index (κ3) is 3.15. The van der Waals surface area contributed by atoms with Gasteiger partial charge < -0.3 is 0 Å². The Bertz CT molecular complexity index is 959. The smallest absolute Gasteiger partial charge is 0.252 e. The number of benzene rings is 4. The van der Waals surface area contributed by atoms with E-state index in [-0.39, 0.29) is 0 Å². The zero-order valence-electron chi connectivity index (χ0n) is 15.3. The van der Waals surface area contributed by atoms with Crippen LogP contribution in [0.15, 0.2) is 115 Å². The molecule has 0 aliphatic heterocycles. The molecule has 0 aromatic heterocycles. The van der Waals surface area contributed by atoms with Gasteiger partial charge in [-0.25, -0.2) is 0 Å². The SMILES string of the molecule is O=C(Cl)c1ccc(C(c2ccccc2)(c2ccccc2)c2ccccc2)cc1. The molecule has 0 atom stereocenters. The number of carbonyl (C=O) groups excluding carboxylic acids is 1. The van der Waals surface area contributed by atoms with Gasteiger partial charge in [0.2, 0.25) is 0 Å². The van der Waals surface area contributed by atoms with Crippen LogP contribution in [0, 0.1) is 0 Å². The molecule has 0 amide bonds. The summed E-state index contributed by atoms with van der Waals surface area (Å²) in [5.74, 6) is 0. The van der Waals surface area contributed by atoms with E-state index < -0.39 is 10.7 Å². The minimum atomic E-state index is -0.502. The molecule has 0 bridgehead atoms. The monoisotopic (exact) mass is 382 g/mol. The van der Waals surface area contributed by atoms with E-state index in [1.807, 2.05) is 30.3 Å². The van der Waals surface area contributed by atoms with Gasteiger partial charge in [-0.3, -0.25) is 4.79 Å². The summed E-state index contributed by atoms with van der Waals surface area (Å²) in [6.45, 7) is 0. The zero-order valence-corrected chi connectivity index (χ0v) is 16.0. The first-order valence-electron chi connectivity index (χ1n) is 9.20. The fourth-order valence-corrected chi connectivity index (χ4v) is 4.04. The van der Waals surface area contributed by atoms with Crippen molar-refractivity contribution in [1.29, 1.82) is 0 Å². The second-order valence-electron chi connectivity index (χ2n) is 6.70. The number of rotatable bonds is 5. The van der Waals surface area contributed by atoms with E-state index in [1.165, 1.54) is 0 Å². The van der Waals surface area contributed by atoms with Crippen molar-refractivity contribution in [2.75, 3.05) is 0 Å². The standard InChI is InChI=1S/C26H19ClO/c27-25(28)20-16-18-24(19-17-20)26(21-10-4-1-5-11-21,22-12-6-2-7-13-22)23-14-8-3-9-15-23/h1-19H. The summed E-state index contributed by atoms with van der Waals surface area (Å²) in [6, 6.07) is 39.0. The van der Waals surface area contributed by atoms with Gasteiger partial charge in [0.25, 0.3) is 5.24 Å². The summed E-state index contributed by atoms with van der Waals surface area (Å²) >= 11 is 5.68. The highest BCUT2D eigenvalue weighted by Crippen LogP contribution is 2.44. The highest BCUT2D eigenvalue weighted by molar-refractivity contribution is 6.67. The molecular formula is C26H19ClO. The minimum Gasteiger partial charge on any atom is -0.276 e. The highest BCUT2D eigenvalue weighted by Gasteiger charge is 2.38. The molecule has 0 spiro atoms. The van der Waals surface area contributed by atoms with Crippen molar-refractivity contribution in [3.63, 3.8) is 0 Å². The quantitative estimate of drug-likeness (QED) is 0.286. The average Bonchev–Trinajstić information content (AvgIpc) is 2.77. The summed E-state index contributed by atoms with van der Waals surface area (Å²) in [6.07, 6.45) is 0. The number of hydrogen-bond donors (Lipinski definition) is 0. The summed E-state index contributed by atoms with van der Waals surface area (Å²) < 4.78 is 0. The van der Waals surface area contributed by atoms with Crippen LogP contribution in [0.5, 0.6) is 0 Å². The first-order valence-corrected chi connectivity index (χ1v) is 9.57. The highest BCUT2D eigenvalue weighted by atomic mass is 35.5. The number of hydrogen-bond acceptors (Lipinski definition) is 1. The maximum absolute atomic E-state index is 11.6. The number of carbonyl (C=O) groups is 1. The molecule has 0 radical (unpaired) electrons. The van der Waals surface area contributed by atoms with Crippen LogP contribution in [-0.2, 0) is 5.41 Å². The Labute approximate surface area is 170 Å². The molecular weight excluding hydrogens is 364 g/mol. The van der Waals surface area contributed by atoms with Gasteiger partial charge in [-0.2, -0.15) is 0 Å². The first-order chi connectivity index (χ1) is 13.7. The summed E-state index contributed by atoms with van der Waals surface area (Å²) in [5, 5.41) is -0.448. The largest absolute Gasteiger partial charge is 0.276 e. The Hall–Kier alpha value is -3.16. The maximum atomic E-state index is 11.6. The molecule has 0 aliphatic rings. The minimum absolute atomic E-state index is 0.448. The molecule has 2 heteroatoms. The van der Waals surface area contributed by atoms with Crippen LogP contribution in [0.1, 0.15) is 32.6 Å². The van der Waals surface area contributed by atoms with Crippen molar-refractivity contribution >= 4 is 16.8 Å². The molecule has 4 rings (SSSR count). The van der Waals surface area contributed by atoms with Crippen molar-refractivity contribution < 1.29 is 4.79 Å². The van der Waals surface area contributed by atoms with E-state index in [1.54, 1.807) is 12.1 Å². The van der Waals surface area contributed by atoms with E-state index in [2.05, 4.69) is 72.8 Å². The molecule has 0 N–H and O–H groups in total. The molecule has 0 unspecified atom stereocenters. The summed E-state index contributed by atoms with van der Waals surface area (Å²) in [7, 11) is 0. The van der Waals surface area contributed by atoms with Gasteiger partial charge in [0.15, 0.2) is 0 Å². The van der Waals surface area contributed by atoms with E-state index >= 15 is 0 Å². The van der Waals surface area contributed by atoms with Crippen LogP contribution in [0.25, 0.3) is 0 Å². The predicted octanol–water partition coefficient (Wildman–Crippen LogP) is 6.45. The number of halogens is 1. The van der Waals surface area contributed by atoms with Crippen LogP contribution < -0.4 is 0 Å². The zero-order chi connectivity index (χ0) is 19.4. The van der Waals surface area contributed by atoms with Crippen molar-refractivity contribution in [2.24, 2.45) is 0 Å². The van der Waals surface area contributed by atoms with Crippen molar-refractivity contribution in [3.05, 3.63) is 143 Å². The summed E-state index contributed by atoms with van der Waals surface area (Å²) in [5.41, 5.74) is 4.57. The molecule has 28 heavy (non-hydrogen) atoms. The maximum Gasteiger partial charge on any atom is 0.252 e. The molecule has 4 aromatic carbocycles. The van der Waals surface area contributed by atoms with Crippen molar-refractivity contribution in [2.45, 2.75) is 5.41 Å². The molecule has 0 fully saturated rings. The molecule has 0 saturated carbocycles. The van der Waals surface area contributed by atoms with Gasteiger partial charge in [0.1, 0.15) is 0 Å². The Morgan fingerprint density at radius 2 is 0.821 bits per heavy atom. The lowest BCUT2D eigenvalue weighted by molar-refractivity contribution is 0.108. The summed E-state index contributed by atoms with van der Waals surface area (Å²) in [4.78, 5) is 11.6. The van der Waals surface area contributed by atoms with E-state index in [0.717, 1.165) is 22.3 Å². The third-order valence-corrected chi connectivity index (χ3v) is 5.38. The molecule has 0 heterocycles. The second kappa shape index (κ2) is 7.84. The van der Waals surface area contributed by atoms with Gasteiger partial charge in [-0.05, 0) is 46.0 Å². The normalized spacial score (nSPS) is 11.2. The molecule has 0 aliphatic carbocycles. The van der Waals surface area contributed by atoms with Crippen molar-refractivity contribution in [3.8, 4) is 0 Å². The Morgan fingerprint density at radius 1 is 0.500 bits per heavy atom. The fourth-order valence-electron chi connectivity index (χ4n) is 3.92. The van der Waals surface area contributed by atoms with Crippen LogP contribution >= 0.6 is 11.6 Å². The fraction of sp³-hybridized carbons (Fsp3) is 0.0385. The van der Waals surface area contributed by atoms with Crippen molar-refractivity contribution in [1.82, 2.24) is 0 Å². The molecule has 0 saturated heterocycles. The van der Waals surface area contributed by atoms with Crippen LogP contribution in [0.3, 0.4) is 0 Å². The first kappa shape index (κ1) is 18.2. The Balaban J connectivity index is 2.08. The van der Waals surface area contributed by atoms with Gasteiger partial charge in [0.05, 0.1) is 5.41 Å². The van der Waals surface area contributed by atoms with Crippen LogP contribution in [0.4, 0.5) is 0 Å². The predicted molar refractivity (Wildman–Crippen MR) is 115 cm³/mol. The van der Waals surface area contributed by atoms with Gasteiger partial charge in [-0.15, -0.1) is 0 Å². The topological polar surface area (TPSA) is 17.1 Å². The van der Waals surface area contributed by atoms with E-state index in [9.17, 15) is 4.79 Å². The lowest BCUT2D eigenvalue weighted by Gasteiger charge is -2.36. The average molecular weight is 383 g/mol. The molecule has 136 valence electrons. The lowest BCUT2D eigenvalue weighted by atomic mass is 9.65. The van der Waals surface area contributed by atoms with Crippen LogP contribution in [0.2, 0.25) is 0 Å². The van der Waals surface area contributed by atoms with Gasteiger partial charge >= 0.3 is 0 Å². The van der Waals surface area contributed by atoms with Gasteiger partial charge in [-0.1, -0.05) is 103 Å². The molecule has 1 nitrogen and oxygen atoms in total. The van der Waals surface area contributed by atoms with E-state index in [4.69, 9.17) is 11.6 Å². The Kier molecular flexibility index (Phi) is 5.10.